The van der Waals surface area contributed by atoms with E-state index < -0.39 is 5.97 Å². The van der Waals surface area contributed by atoms with Crippen LogP contribution in [0.4, 0.5) is 0 Å². The van der Waals surface area contributed by atoms with Crippen LogP contribution in [-0.2, 0) is 7.05 Å². The molecule has 1 fully saturated rings. The van der Waals surface area contributed by atoms with E-state index in [0.29, 0.717) is 10.4 Å². The maximum Gasteiger partial charge on any atom is 0.357 e. The van der Waals surface area contributed by atoms with Crippen molar-refractivity contribution in [1.82, 2.24) is 14.7 Å². The molecule has 0 saturated carbocycles. The number of carboxylic acids is 1. The number of aromatic nitrogens is 2. The molecule has 2 heterocycles. The fourth-order valence-corrected chi connectivity index (χ4v) is 3.31. The highest BCUT2D eigenvalue weighted by Gasteiger charge is 2.27. The van der Waals surface area contributed by atoms with E-state index >= 15 is 0 Å². The lowest BCUT2D eigenvalue weighted by Gasteiger charge is -2.29. The number of aryl methyl sites for hydroxylation is 1. The Labute approximate surface area is 109 Å². The number of nitrogens with zero attached hydrogens (tertiary/aromatic N) is 3. The van der Waals surface area contributed by atoms with Gasteiger partial charge in [-0.25, -0.2) is 4.79 Å². The molecule has 5 nitrogen and oxygen atoms in total. The first-order valence-corrected chi connectivity index (χ1v) is 6.44. The second-order valence-corrected chi connectivity index (χ2v) is 5.37. The Hall–Kier alpha value is -0.880. The molecule has 6 heteroatoms. The fraction of sp³-hybridized carbons (Fsp3) is 0.636. The molecular weight excluding hydrogens is 286 g/mol. The number of carbonyl (C=O) groups is 1. The third-order valence-corrected chi connectivity index (χ3v) is 4.03. The molecule has 1 unspecified atom stereocenters. The molecule has 94 valence electrons. The van der Waals surface area contributed by atoms with E-state index in [4.69, 9.17) is 5.11 Å². The number of piperidine rings is 1. The Kier molecular flexibility index (Phi) is 3.53. The Morgan fingerprint density at radius 2 is 2.24 bits per heavy atom. The first-order chi connectivity index (χ1) is 8.00. The molecule has 1 aliphatic rings. The van der Waals surface area contributed by atoms with Gasteiger partial charge in [0.2, 0.25) is 0 Å². The highest BCUT2D eigenvalue weighted by molar-refractivity contribution is 9.10. The number of hydrogen-bond donors (Lipinski definition) is 1. The van der Waals surface area contributed by atoms with Gasteiger partial charge in [0.25, 0.3) is 0 Å². The maximum atomic E-state index is 11.0. The topological polar surface area (TPSA) is 58.4 Å². The minimum atomic E-state index is -0.983. The smallest absolute Gasteiger partial charge is 0.357 e. The van der Waals surface area contributed by atoms with Gasteiger partial charge >= 0.3 is 5.97 Å². The SMILES string of the molecule is CN1CCCC(c2c(Br)c(C(=O)O)nn2C)C1. The van der Waals surface area contributed by atoms with Crippen molar-refractivity contribution in [1.29, 1.82) is 0 Å². The second-order valence-electron chi connectivity index (χ2n) is 4.58. The van der Waals surface area contributed by atoms with E-state index in [1.54, 1.807) is 11.7 Å². The predicted molar refractivity (Wildman–Crippen MR) is 67.3 cm³/mol. The van der Waals surface area contributed by atoms with Gasteiger partial charge < -0.3 is 10.0 Å². The summed E-state index contributed by atoms with van der Waals surface area (Å²) in [6.07, 6.45) is 2.22. The normalized spacial score (nSPS) is 21.7. The van der Waals surface area contributed by atoms with Crippen LogP contribution in [0.2, 0.25) is 0 Å². The van der Waals surface area contributed by atoms with Crippen molar-refractivity contribution >= 4 is 21.9 Å². The Balaban J connectivity index is 2.34. The monoisotopic (exact) mass is 301 g/mol. The summed E-state index contributed by atoms with van der Waals surface area (Å²) >= 11 is 3.38. The zero-order chi connectivity index (χ0) is 12.6. The van der Waals surface area contributed by atoms with Crippen molar-refractivity contribution in [3.8, 4) is 0 Å². The van der Waals surface area contributed by atoms with Gasteiger partial charge in [-0.2, -0.15) is 5.10 Å². The van der Waals surface area contributed by atoms with Crippen LogP contribution >= 0.6 is 15.9 Å². The summed E-state index contributed by atoms with van der Waals surface area (Å²) in [5.74, 6) is -0.628. The summed E-state index contributed by atoms with van der Waals surface area (Å²) in [4.78, 5) is 13.3. The van der Waals surface area contributed by atoms with Crippen molar-refractivity contribution in [3.63, 3.8) is 0 Å². The molecule has 1 N–H and O–H groups in total. The molecule has 0 aromatic carbocycles. The van der Waals surface area contributed by atoms with Crippen LogP contribution in [0.15, 0.2) is 4.47 Å². The summed E-state index contributed by atoms with van der Waals surface area (Å²) in [6.45, 7) is 2.06. The van der Waals surface area contributed by atoms with Crippen molar-refractivity contribution in [2.75, 3.05) is 20.1 Å². The summed E-state index contributed by atoms with van der Waals surface area (Å²) in [6, 6.07) is 0. The Morgan fingerprint density at radius 1 is 1.53 bits per heavy atom. The van der Waals surface area contributed by atoms with Crippen molar-refractivity contribution in [2.45, 2.75) is 18.8 Å². The second kappa shape index (κ2) is 4.78. The third kappa shape index (κ3) is 2.37. The molecule has 1 aliphatic heterocycles. The molecule has 1 saturated heterocycles. The number of hydrogen-bond acceptors (Lipinski definition) is 3. The van der Waals surface area contributed by atoms with Crippen molar-refractivity contribution in [3.05, 3.63) is 15.9 Å². The first kappa shape index (κ1) is 12.6. The molecule has 1 aromatic rings. The summed E-state index contributed by atoms with van der Waals surface area (Å²) in [5, 5.41) is 13.1. The van der Waals surface area contributed by atoms with E-state index in [1.165, 1.54) is 0 Å². The molecular formula is C11H16BrN3O2. The molecule has 1 aromatic heterocycles. The number of likely N-dealkylation sites (N-methyl/N-ethyl adjacent to an activating group) is 1. The first-order valence-electron chi connectivity index (χ1n) is 5.65. The average molecular weight is 302 g/mol. The van der Waals surface area contributed by atoms with E-state index in [-0.39, 0.29) is 5.69 Å². The minimum absolute atomic E-state index is 0.107. The summed E-state index contributed by atoms with van der Waals surface area (Å²) in [7, 11) is 3.90. The fourth-order valence-electron chi connectivity index (χ4n) is 2.48. The van der Waals surface area contributed by atoms with Crippen LogP contribution in [0.5, 0.6) is 0 Å². The highest BCUT2D eigenvalue weighted by Crippen LogP contribution is 2.33. The quantitative estimate of drug-likeness (QED) is 0.903. The van der Waals surface area contributed by atoms with Crippen LogP contribution in [0.3, 0.4) is 0 Å². The van der Waals surface area contributed by atoms with Crippen LogP contribution < -0.4 is 0 Å². The van der Waals surface area contributed by atoms with Crippen molar-refractivity contribution in [2.24, 2.45) is 7.05 Å². The maximum absolute atomic E-state index is 11.0. The van der Waals surface area contributed by atoms with E-state index in [2.05, 4.69) is 33.0 Å². The Morgan fingerprint density at radius 3 is 2.76 bits per heavy atom. The zero-order valence-corrected chi connectivity index (χ0v) is 11.6. The number of carboxylic acid groups (broad SMARTS) is 1. The molecule has 1 atom stereocenters. The average Bonchev–Trinajstić information content (AvgIpc) is 2.54. The molecule has 0 radical (unpaired) electrons. The summed E-state index contributed by atoms with van der Waals surface area (Å²) in [5.41, 5.74) is 1.10. The van der Waals surface area contributed by atoms with Crippen LogP contribution in [0.1, 0.15) is 34.9 Å². The molecule has 0 bridgehead atoms. The van der Waals surface area contributed by atoms with Crippen LogP contribution in [-0.4, -0.2) is 45.9 Å². The number of likely N-dealkylation sites (tertiary alicyclic amines) is 1. The number of halogens is 1. The van der Waals surface area contributed by atoms with Gasteiger partial charge in [0.05, 0.1) is 10.2 Å². The van der Waals surface area contributed by atoms with E-state index in [0.717, 1.165) is 31.6 Å². The molecule has 0 spiro atoms. The van der Waals surface area contributed by atoms with Crippen LogP contribution in [0.25, 0.3) is 0 Å². The highest BCUT2D eigenvalue weighted by atomic mass is 79.9. The van der Waals surface area contributed by atoms with Crippen LogP contribution in [0, 0.1) is 0 Å². The lowest BCUT2D eigenvalue weighted by Crippen LogP contribution is -2.31. The molecule has 2 rings (SSSR count). The molecule has 0 amide bonds. The van der Waals surface area contributed by atoms with Gasteiger partial charge in [-0.05, 0) is 42.4 Å². The number of aromatic carboxylic acids is 1. The van der Waals surface area contributed by atoms with Gasteiger partial charge in [-0.1, -0.05) is 0 Å². The van der Waals surface area contributed by atoms with Crippen molar-refractivity contribution < 1.29 is 9.90 Å². The lowest BCUT2D eigenvalue weighted by molar-refractivity contribution is 0.0688. The summed E-state index contributed by atoms with van der Waals surface area (Å²) < 4.78 is 2.32. The molecule has 0 aliphatic carbocycles. The van der Waals surface area contributed by atoms with Gasteiger partial charge in [0, 0.05) is 19.5 Å². The third-order valence-electron chi connectivity index (χ3n) is 3.25. The predicted octanol–water partition coefficient (Wildman–Crippen LogP) is 1.69. The zero-order valence-electron chi connectivity index (χ0n) is 9.98. The lowest BCUT2D eigenvalue weighted by atomic mass is 9.95. The molecule has 17 heavy (non-hydrogen) atoms. The minimum Gasteiger partial charge on any atom is -0.476 e. The number of rotatable bonds is 2. The van der Waals surface area contributed by atoms with Gasteiger partial charge in [0.1, 0.15) is 0 Å². The van der Waals surface area contributed by atoms with E-state index in [9.17, 15) is 4.79 Å². The van der Waals surface area contributed by atoms with Gasteiger partial charge in [-0.3, -0.25) is 4.68 Å². The van der Waals surface area contributed by atoms with E-state index in [1.807, 2.05) is 0 Å². The standard InChI is InChI=1S/C11H16BrN3O2/c1-14-5-3-4-7(6-14)10-8(12)9(11(16)17)13-15(10)2/h7H,3-6H2,1-2H3,(H,16,17). The Bertz CT molecular complexity index is 444. The van der Waals surface area contributed by atoms with Gasteiger partial charge in [0.15, 0.2) is 5.69 Å². The largest absolute Gasteiger partial charge is 0.476 e. The van der Waals surface area contributed by atoms with Gasteiger partial charge in [-0.15, -0.1) is 0 Å².